The van der Waals surface area contributed by atoms with Crippen molar-refractivity contribution < 1.29 is 14.3 Å². The molecule has 0 saturated heterocycles. The summed E-state index contributed by atoms with van der Waals surface area (Å²) in [7, 11) is 0. The molecule has 0 N–H and O–H groups in total. The maximum absolute atomic E-state index is 12.1. The molecule has 3 aromatic rings. The van der Waals surface area contributed by atoms with Crippen LogP contribution < -0.4 is 4.74 Å². The molecule has 7 heteroatoms. The van der Waals surface area contributed by atoms with Crippen LogP contribution in [0, 0.1) is 0 Å². The highest BCUT2D eigenvalue weighted by Crippen LogP contribution is 2.27. The van der Waals surface area contributed by atoms with Gasteiger partial charge in [0, 0.05) is 17.4 Å². The molecule has 5 nitrogen and oxygen atoms in total. The van der Waals surface area contributed by atoms with E-state index in [1.807, 2.05) is 29.1 Å². The second kappa shape index (κ2) is 8.87. The van der Waals surface area contributed by atoms with Crippen molar-refractivity contribution in [3.63, 3.8) is 0 Å². The van der Waals surface area contributed by atoms with E-state index in [-0.39, 0.29) is 19.2 Å². The van der Waals surface area contributed by atoms with Gasteiger partial charge in [-0.1, -0.05) is 23.7 Å². The van der Waals surface area contributed by atoms with Gasteiger partial charge in [-0.3, -0.25) is 4.68 Å². The quantitative estimate of drug-likeness (QED) is 0.402. The first-order chi connectivity index (χ1) is 12.6. The van der Waals surface area contributed by atoms with Crippen LogP contribution in [-0.4, -0.2) is 29.0 Å². The van der Waals surface area contributed by atoms with E-state index < -0.39 is 0 Å². The van der Waals surface area contributed by atoms with E-state index >= 15 is 0 Å². The highest BCUT2D eigenvalue weighted by Gasteiger charge is 2.08. The molecule has 0 fully saturated rings. The Morgan fingerprint density at radius 1 is 1.15 bits per heavy atom. The van der Waals surface area contributed by atoms with E-state index in [0.717, 1.165) is 10.0 Å². The molecule has 26 heavy (non-hydrogen) atoms. The fourth-order valence-corrected chi connectivity index (χ4v) is 3.09. The zero-order valence-corrected chi connectivity index (χ0v) is 16.1. The van der Waals surface area contributed by atoms with Crippen molar-refractivity contribution in [2.45, 2.75) is 6.54 Å². The molecular weight excluding hydrogens is 420 g/mol. The average Bonchev–Trinajstić information content (AvgIpc) is 3.13. The summed E-state index contributed by atoms with van der Waals surface area (Å²) in [4.78, 5) is 12.1. The van der Waals surface area contributed by atoms with E-state index in [1.54, 1.807) is 36.5 Å². The van der Waals surface area contributed by atoms with Crippen LogP contribution in [0.5, 0.6) is 5.75 Å². The summed E-state index contributed by atoms with van der Waals surface area (Å²) in [5, 5.41) is 4.77. The molecule has 0 amide bonds. The second-order valence-corrected chi connectivity index (χ2v) is 6.75. The number of halogens is 2. The van der Waals surface area contributed by atoms with Gasteiger partial charge in [0.05, 0.1) is 16.6 Å². The molecule has 134 valence electrons. The molecule has 0 spiro atoms. The van der Waals surface area contributed by atoms with Crippen molar-refractivity contribution in [3.8, 4) is 5.75 Å². The number of hydrogen-bond donors (Lipinski definition) is 0. The number of carbonyl (C=O) groups excluding carboxylic acids is 1. The lowest BCUT2D eigenvalue weighted by Crippen LogP contribution is -2.12. The number of carbonyl (C=O) groups is 1. The van der Waals surface area contributed by atoms with Crippen LogP contribution in [-0.2, 0) is 11.3 Å². The van der Waals surface area contributed by atoms with Crippen molar-refractivity contribution in [2.24, 2.45) is 0 Å². The minimum Gasteiger partial charge on any atom is -0.489 e. The zero-order chi connectivity index (χ0) is 18.4. The summed E-state index contributed by atoms with van der Waals surface area (Å²) in [6.45, 7) is 1.07. The van der Waals surface area contributed by atoms with Gasteiger partial charge < -0.3 is 9.47 Å². The minimum absolute atomic E-state index is 0.156. The van der Waals surface area contributed by atoms with E-state index in [1.165, 1.54) is 0 Å². The van der Waals surface area contributed by atoms with Gasteiger partial charge in [0.15, 0.2) is 0 Å². The number of benzene rings is 2. The van der Waals surface area contributed by atoms with Crippen molar-refractivity contribution >= 4 is 33.5 Å². The summed E-state index contributed by atoms with van der Waals surface area (Å²) in [5.41, 5.74) is 1.56. The van der Waals surface area contributed by atoms with Crippen LogP contribution in [0.3, 0.4) is 0 Å². The van der Waals surface area contributed by atoms with Crippen LogP contribution in [0.4, 0.5) is 0 Å². The summed E-state index contributed by atoms with van der Waals surface area (Å²) >= 11 is 9.25. The maximum atomic E-state index is 12.1. The van der Waals surface area contributed by atoms with Crippen molar-refractivity contribution in [3.05, 3.63) is 81.5 Å². The minimum atomic E-state index is -0.380. The number of hydrogen-bond acceptors (Lipinski definition) is 4. The second-order valence-electron chi connectivity index (χ2n) is 5.46. The zero-order valence-electron chi connectivity index (χ0n) is 13.8. The van der Waals surface area contributed by atoms with E-state index in [0.29, 0.717) is 22.9 Å². The Morgan fingerprint density at radius 3 is 2.65 bits per heavy atom. The summed E-state index contributed by atoms with van der Waals surface area (Å²) in [6.07, 6.45) is 3.62. The lowest BCUT2D eigenvalue weighted by molar-refractivity contribution is 0.0450. The van der Waals surface area contributed by atoms with Gasteiger partial charge >= 0.3 is 5.97 Å². The Labute approximate surface area is 164 Å². The van der Waals surface area contributed by atoms with Gasteiger partial charge in [-0.25, -0.2) is 4.79 Å². The first-order valence-corrected chi connectivity index (χ1v) is 9.10. The summed E-state index contributed by atoms with van der Waals surface area (Å²) in [6, 6.07) is 14.4. The van der Waals surface area contributed by atoms with Crippen LogP contribution in [0.1, 0.15) is 15.9 Å². The average molecular weight is 436 g/mol. The first-order valence-electron chi connectivity index (χ1n) is 7.93. The van der Waals surface area contributed by atoms with Crippen LogP contribution in [0.25, 0.3) is 0 Å². The molecular formula is C19H16BrClN2O3. The Kier molecular flexibility index (Phi) is 6.30. The van der Waals surface area contributed by atoms with Crippen LogP contribution >= 0.6 is 27.5 Å². The molecule has 0 aliphatic rings. The lowest BCUT2D eigenvalue weighted by atomic mass is 10.1. The Balaban J connectivity index is 1.45. The van der Waals surface area contributed by atoms with Gasteiger partial charge in [-0.2, -0.15) is 5.10 Å². The van der Waals surface area contributed by atoms with E-state index in [2.05, 4.69) is 21.0 Å². The van der Waals surface area contributed by atoms with Crippen molar-refractivity contribution in [1.82, 2.24) is 9.78 Å². The monoisotopic (exact) mass is 434 g/mol. The van der Waals surface area contributed by atoms with E-state index in [9.17, 15) is 4.79 Å². The predicted octanol–water partition coefficient (Wildman–Crippen LogP) is 4.58. The first kappa shape index (κ1) is 18.5. The molecule has 0 atom stereocenters. The molecule has 3 rings (SSSR count). The maximum Gasteiger partial charge on any atom is 0.338 e. The topological polar surface area (TPSA) is 53.4 Å². The molecule has 1 aromatic heterocycles. The fraction of sp³-hybridized carbons (Fsp3) is 0.158. The molecule has 2 aromatic carbocycles. The number of esters is 1. The lowest BCUT2D eigenvalue weighted by Gasteiger charge is -2.09. The molecule has 0 saturated carbocycles. The Hall–Kier alpha value is -2.31. The Bertz CT molecular complexity index is 867. The SMILES string of the molecule is O=C(OCCOc1ccc(Cl)cc1Br)c1ccc(Cn2cccn2)cc1. The number of aromatic nitrogens is 2. The van der Waals surface area contributed by atoms with E-state index in [4.69, 9.17) is 21.1 Å². The third-order valence-electron chi connectivity index (χ3n) is 3.56. The smallest absolute Gasteiger partial charge is 0.338 e. The normalized spacial score (nSPS) is 10.5. The molecule has 0 bridgehead atoms. The standard InChI is InChI=1S/C19H16BrClN2O3/c20-17-12-16(21)6-7-18(17)25-10-11-26-19(24)15-4-2-14(3-5-15)13-23-9-1-8-22-23/h1-9,12H,10-11,13H2. The number of nitrogens with zero attached hydrogens (tertiary/aromatic N) is 2. The molecule has 0 radical (unpaired) electrons. The molecule has 1 heterocycles. The van der Waals surface area contributed by atoms with Gasteiger partial charge in [0.2, 0.25) is 0 Å². The molecule has 0 unspecified atom stereocenters. The predicted molar refractivity (Wildman–Crippen MR) is 103 cm³/mol. The van der Waals surface area contributed by atoms with Gasteiger partial charge in [0.1, 0.15) is 19.0 Å². The number of rotatable bonds is 7. The van der Waals surface area contributed by atoms with Crippen molar-refractivity contribution in [1.29, 1.82) is 0 Å². The molecule has 0 aliphatic carbocycles. The number of ether oxygens (including phenoxy) is 2. The third kappa shape index (κ3) is 5.09. The highest BCUT2D eigenvalue weighted by molar-refractivity contribution is 9.10. The van der Waals surface area contributed by atoms with Crippen LogP contribution in [0.2, 0.25) is 5.02 Å². The fourth-order valence-electron chi connectivity index (χ4n) is 2.29. The van der Waals surface area contributed by atoms with Crippen molar-refractivity contribution in [2.75, 3.05) is 13.2 Å². The summed E-state index contributed by atoms with van der Waals surface area (Å²) in [5.74, 6) is 0.267. The van der Waals surface area contributed by atoms with Gasteiger partial charge in [-0.15, -0.1) is 0 Å². The highest BCUT2D eigenvalue weighted by atomic mass is 79.9. The third-order valence-corrected chi connectivity index (χ3v) is 4.42. The van der Waals surface area contributed by atoms with Gasteiger partial charge in [0.25, 0.3) is 0 Å². The molecule has 0 aliphatic heterocycles. The Morgan fingerprint density at radius 2 is 1.96 bits per heavy atom. The summed E-state index contributed by atoms with van der Waals surface area (Å²) < 4.78 is 13.4. The van der Waals surface area contributed by atoms with Crippen LogP contribution in [0.15, 0.2) is 65.4 Å². The van der Waals surface area contributed by atoms with Gasteiger partial charge in [-0.05, 0) is 57.9 Å². The largest absolute Gasteiger partial charge is 0.489 e.